The van der Waals surface area contributed by atoms with E-state index in [0.717, 1.165) is 6.42 Å². The summed E-state index contributed by atoms with van der Waals surface area (Å²) in [6.45, 7) is 1.58. The summed E-state index contributed by atoms with van der Waals surface area (Å²) in [6.07, 6.45) is 1.83. The Bertz CT molecular complexity index is 870. The first-order valence-corrected chi connectivity index (χ1v) is 12.9. The smallest absolute Gasteiger partial charge is 0.260 e. The lowest BCUT2D eigenvalue weighted by atomic mass is 9.85. The number of nitrogens with zero attached hydrogens (tertiary/aromatic N) is 2. The summed E-state index contributed by atoms with van der Waals surface area (Å²) < 4.78 is 11.2. The van der Waals surface area contributed by atoms with Crippen molar-refractivity contribution in [2.75, 3.05) is 65.8 Å². The summed E-state index contributed by atoms with van der Waals surface area (Å²) in [5.41, 5.74) is -1.60. The molecule has 0 fully saturated rings. The number of carbonyl (C=O) groups excluding carboxylic acids is 3. The molecule has 0 aromatic heterocycles. The van der Waals surface area contributed by atoms with Crippen LogP contribution in [0.15, 0.2) is 18.2 Å². The number of hydrogen-bond donors (Lipinski definition) is 5. The summed E-state index contributed by atoms with van der Waals surface area (Å²) in [4.78, 5) is 40.8. The van der Waals surface area contributed by atoms with E-state index in [1.165, 1.54) is 28.0 Å². The molecule has 0 saturated heterocycles. The zero-order chi connectivity index (χ0) is 28.6. The Morgan fingerprint density at radius 3 is 1.76 bits per heavy atom. The van der Waals surface area contributed by atoms with E-state index < -0.39 is 36.4 Å². The van der Waals surface area contributed by atoms with Crippen LogP contribution < -0.4 is 9.47 Å². The fourth-order valence-electron chi connectivity index (χ4n) is 3.74. The molecule has 1 rings (SSSR count). The van der Waals surface area contributed by atoms with Gasteiger partial charge in [-0.15, -0.1) is 0 Å². The summed E-state index contributed by atoms with van der Waals surface area (Å²) in [7, 11) is 0. The molecule has 38 heavy (non-hydrogen) atoms. The van der Waals surface area contributed by atoms with Crippen molar-refractivity contribution in [3.63, 3.8) is 0 Å². The van der Waals surface area contributed by atoms with Gasteiger partial charge in [-0.3, -0.25) is 14.4 Å². The minimum absolute atomic E-state index is 0.00934. The number of aliphatic hydroxyl groups excluding tert-OH is 4. The maximum absolute atomic E-state index is 13.4. The average molecular weight is 543 g/mol. The van der Waals surface area contributed by atoms with E-state index in [9.17, 15) is 29.7 Å². The van der Waals surface area contributed by atoms with E-state index in [1.807, 2.05) is 6.92 Å². The van der Waals surface area contributed by atoms with Crippen LogP contribution in [0.4, 0.5) is 0 Å². The maximum Gasteiger partial charge on any atom is 0.260 e. The molecule has 0 aliphatic rings. The van der Waals surface area contributed by atoms with Crippen molar-refractivity contribution in [3.8, 4) is 11.5 Å². The number of Topliss-reactive ketones (excluding diaryl/α,β-unsaturated/α-hetero) is 1. The third-order valence-corrected chi connectivity index (χ3v) is 6.05. The van der Waals surface area contributed by atoms with Crippen molar-refractivity contribution >= 4 is 17.6 Å². The largest absolute Gasteiger partial charge is 0.484 e. The number of aliphatic hydroxyl groups is 5. The Kier molecular flexibility index (Phi) is 15.5. The molecule has 1 unspecified atom stereocenters. The molecule has 2 amide bonds. The number of rotatable bonds is 20. The van der Waals surface area contributed by atoms with Crippen molar-refractivity contribution in [3.05, 3.63) is 23.8 Å². The Morgan fingerprint density at radius 2 is 1.32 bits per heavy atom. The Morgan fingerprint density at radius 1 is 0.816 bits per heavy atom. The first-order valence-electron chi connectivity index (χ1n) is 12.9. The molecule has 1 atom stereocenters. The lowest BCUT2D eigenvalue weighted by molar-refractivity contribution is -0.134. The maximum atomic E-state index is 13.4. The molecule has 0 saturated carbocycles. The van der Waals surface area contributed by atoms with Gasteiger partial charge in [-0.25, -0.2) is 0 Å². The first kappa shape index (κ1) is 33.3. The minimum atomic E-state index is -1.63. The number of unbranched alkanes of at least 4 members (excludes halogenated alkanes) is 1. The van der Waals surface area contributed by atoms with Crippen LogP contribution in [0.2, 0.25) is 0 Å². The molecule has 0 bridgehead atoms. The van der Waals surface area contributed by atoms with Gasteiger partial charge in [0, 0.05) is 32.2 Å². The molecule has 0 aliphatic heterocycles. The topological polar surface area (TPSA) is 177 Å². The van der Waals surface area contributed by atoms with Gasteiger partial charge in [0.1, 0.15) is 17.1 Å². The van der Waals surface area contributed by atoms with Crippen molar-refractivity contribution in [1.82, 2.24) is 9.80 Å². The lowest BCUT2D eigenvalue weighted by Gasteiger charge is -2.27. The molecule has 5 N–H and O–H groups in total. The Labute approximate surface area is 223 Å². The van der Waals surface area contributed by atoms with Gasteiger partial charge in [-0.2, -0.15) is 0 Å². The van der Waals surface area contributed by atoms with Crippen molar-refractivity contribution < 1.29 is 49.4 Å². The zero-order valence-corrected chi connectivity index (χ0v) is 22.3. The quantitative estimate of drug-likeness (QED) is 0.136. The van der Waals surface area contributed by atoms with Gasteiger partial charge in [0.2, 0.25) is 0 Å². The zero-order valence-electron chi connectivity index (χ0n) is 22.3. The number of ketones is 1. The standard InChI is InChI=1S/C26H42N2O10/c1-3-5-8-26(36,4-2)25(35)21-7-6-20(37-18-23(33)27(9-13-29)10-14-30)17-22(21)38-19-24(34)28(11-15-31)12-16-32/h6-7,17,29-32,36H,3-5,8-16,18-19H2,1-2H3. The van der Waals surface area contributed by atoms with Crippen molar-refractivity contribution in [2.45, 2.75) is 45.1 Å². The second-order valence-electron chi connectivity index (χ2n) is 8.71. The summed E-state index contributed by atoms with van der Waals surface area (Å²) in [6, 6.07) is 4.18. The molecule has 0 radical (unpaired) electrons. The minimum Gasteiger partial charge on any atom is -0.484 e. The Hall–Kier alpha value is -2.77. The van der Waals surface area contributed by atoms with Crippen LogP contribution in [-0.4, -0.2) is 124 Å². The van der Waals surface area contributed by atoms with E-state index in [0.29, 0.717) is 6.42 Å². The van der Waals surface area contributed by atoms with Gasteiger partial charge in [-0.05, 0) is 25.0 Å². The SMILES string of the molecule is CCCCC(O)(CC)C(=O)c1ccc(OCC(=O)N(CCO)CCO)cc1OCC(=O)N(CCO)CCO. The highest BCUT2D eigenvalue weighted by molar-refractivity contribution is 6.04. The predicted octanol–water partition coefficient (Wildman–Crippen LogP) is -0.415. The third-order valence-electron chi connectivity index (χ3n) is 6.05. The van der Waals surface area contributed by atoms with E-state index in [1.54, 1.807) is 6.92 Å². The molecule has 0 heterocycles. The molecule has 0 aliphatic carbocycles. The average Bonchev–Trinajstić information content (AvgIpc) is 2.92. The molecular formula is C26H42N2O10. The van der Waals surface area contributed by atoms with E-state index in [2.05, 4.69) is 0 Å². The van der Waals surface area contributed by atoms with Gasteiger partial charge in [0.25, 0.3) is 11.8 Å². The molecule has 1 aromatic carbocycles. The van der Waals surface area contributed by atoms with Crippen LogP contribution in [0.3, 0.4) is 0 Å². The van der Waals surface area contributed by atoms with Gasteiger partial charge >= 0.3 is 0 Å². The fourth-order valence-corrected chi connectivity index (χ4v) is 3.74. The number of ether oxygens (including phenoxy) is 2. The normalized spacial score (nSPS) is 12.5. The van der Waals surface area contributed by atoms with Crippen LogP contribution >= 0.6 is 0 Å². The van der Waals surface area contributed by atoms with Gasteiger partial charge in [-0.1, -0.05) is 26.7 Å². The van der Waals surface area contributed by atoms with Gasteiger partial charge < -0.3 is 44.8 Å². The number of carbonyl (C=O) groups is 3. The first-order chi connectivity index (χ1) is 18.2. The highest BCUT2D eigenvalue weighted by Gasteiger charge is 2.36. The second kappa shape index (κ2) is 17.7. The van der Waals surface area contributed by atoms with E-state index >= 15 is 0 Å². The number of amides is 2. The fraction of sp³-hybridized carbons (Fsp3) is 0.654. The van der Waals surface area contributed by atoms with E-state index in [-0.39, 0.29) is 82.5 Å². The highest BCUT2D eigenvalue weighted by Crippen LogP contribution is 2.32. The van der Waals surface area contributed by atoms with Gasteiger partial charge in [0.05, 0.1) is 32.0 Å². The summed E-state index contributed by atoms with van der Waals surface area (Å²) in [5.74, 6) is -1.46. The van der Waals surface area contributed by atoms with Crippen molar-refractivity contribution in [1.29, 1.82) is 0 Å². The Balaban J connectivity index is 3.23. The van der Waals surface area contributed by atoms with Crippen molar-refractivity contribution in [2.24, 2.45) is 0 Å². The molecule has 0 spiro atoms. The van der Waals surface area contributed by atoms with Crippen LogP contribution in [-0.2, 0) is 9.59 Å². The van der Waals surface area contributed by atoms with E-state index in [4.69, 9.17) is 19.7 Å². The monoisotopic (exact) mass is 542 g/mol. The van der Waals surface area contributed by atoms with Gasteiger partial charge in [0.15, 0.2) is 19.0 Å². The number of benzene rings is 1. The molecule has 12 nitrogen and oxygen atoms in total. The van der Waals surface area contributed by atoms with Crippen LogP contribution in [0.25, 0.3) is 0 Å². The van der Waals surface area contributed by atoms with Crippen LogP contribution in [0.1, 0.15) is 49.9 Å². The summed E-state index contributed by atoms with van der Waals surface area (Å²) in [5, 5.41) is 47.7. The third kappa shape index (κ3) is 10.2. The summed E-state index contributed by atoms with van der Waals surface area (Å²) >= 11 is 0. The molecular weight excluding hydrogens is 500 g/mol. The predicted molar refractivity (Wildman–Crippen MR) is 138 cm³/mol. The van der Waals surface area contributed by atoms with Crippen LogP contribution in [0.5, 0.6) is 11.5 Å². The second-order valence-corrected chi connectivity index (χ2v) is 8.71. The molecule has 12 heteroatoms. The molecule has 216 valence electrons. The highest BCUT2D eigenvalue weighted by atomic mass is 16.5. The number of hydrogen-bond acceptors (Lipinski definition) is 10. The molecule has 1 aromatic rings. The van der Waals surface area contributed by atoms with Crippen LogP contribution in [0, 0.1) is 0 Å². The lowest BCUT2D eigenvalue weighted by Crippen LogP contribution is -2.40.